The number of hydrogen-bond acceptors (Lipinski definition) is 6. The SMILES string of the molecule is Clc1nc(-c2ccccc2)c2oc3ccccc3c2n1.O=c1nc(-c2ccccc2)c2oc3ccccc3c2[nH]1. The summed E-state index contributed by atoms with van der Waals surface area (Å²) in [5, 5.41) is 2.06. The van der Waals surface area contributed by atoms with Crippen molar-refractivity contribution in [1.29, 1.82) is 0 Å². The van der Waals surface area contributed by atoms with Crippen LogP contribution in [0.2, 0.25) is 5.28 Å². The highest BCUT2D eigenvalue weighted by Crippen LogP contribution is 2.34. The van der Waals surface area contributed by atoms with Gasteiger partial charge in [0, 0.05) is 21.9 Å². The Morgan fingerprint density at radius 2 is 1.10 bits per heavy atom. The van der Waals surface area contributed by atoms with E-state index in [2.05, 4.69) is 19.9 Å². The van der Waals surface area contributed by atoms with Crippen LogP contribution >= 0.6 is 11.6 Å². The number of nitrogens with one attached hydrogen (secondary N) is 1. The van der Waals surface area contributed by atoms with Gasteiger partial charge >= 0.3 is 5.69 Å². The summed E-state index contributed by atoms with van der Waals surface area (Å²) in [6.07, 6.45) is 0. The second-order valence-electron chi connectivity index (χ2n) is 9.04. The third kappa shape index (κ3) is 4.19. The van der Waals surface area contributed by atoms with Crippen LogP contribution in [0, 0.1) is 0 Å². The van der Waals surface area contributed by atoms with Gasteiger partial charge in [-0.2, -0.15) is 4.98 Å². The van der Waals surface area contributed by atoms with E-state index >= 15 is 0 Å². The minimum absolute atomic E-state index is 0.225. The molecule has 40 heavy (non-hydrogen) atoms. The number of H-pyrrole nitrogens is 1. The molecule has 0 amide bonds. The van der Waals surface area contributed by atoms with Crippen molar-refractivity contribution in [2.45, 2.75) is 0 Å². The first-order valence-electron chi connectivity index (χ1n) is 12.5. The Morgan fingerprint density at radius 3 is 1.77 bits per heavy atom. The number of hydrogen-bond donors (Lipinski definition) is 1. The number of aromatic nitrogens is 4. The number of para-hydroxylation sites is 2. The van der Waals surface area contributed by atoms with Gasteiger partial charge in [-0.15, -0.1) is 0 Å². The van der Waals surface area contributed by atoms with Crippen LogP contribution in [0.4, 0.5) is 0 Å². The van der Waals surface area contributed by atoms with E-state index in [-0.39, 0.29) is 11.0 Å². The maximum Gasteiger partial charge on any atom is 0.346 e. The number of rotatable bonds is 2. The molecule has 0 aliphatic heterocycles. The minimum Gasteiger partial charge on any atom is -0.452 e. The predicted octanol–water partition coefficient (Wildman–Crippen LogP) is 8.03. The van der Waals surface area contributed by atoms with Gasteiger partial charge in [-0.25, -0.2) is 14.8 Å². The predicted molar refractivity (Wildman–Crippen MR) is 157 cm³/mol. The number of benzene rings is 4. The van der Waals surface area contributed by atoms with Crippen molar-refractivity contribution in [3.8, 4) is 22.5 Å². The molecule has 0 radical (unpaired) electrons. The van der Waals surface area contributed by atoms with Gasteiger partial charge < -0.3 is 13.8 Å². The summed E-state index contributed by atoms with van der Waals surface area (Å²) in [6.45, 7) is 0. The normalized spacial score (nSPS) is 11.2. The average Bonchev–Trinajstić information content (AvgIpc) is 3.56. The average molecular weight is 543 g/mol. The van der Waals surface area contributed by atoms with Crippen LogP contribution in [-0.4, -0.2) is 19.9 Å². The molecule has 0 aliphatic carbocycles. The molecule has 192 valence electrons. The van der Waals surface area contributed by atoms with Crippen molar-refractivity contribution in [2.75, 3.05) is 0 Å². The molecule has 0 saturated heterocycles. The Morgan fingerprint density at radius 1 is 0.575 bits per heavy atom. The lowest BCUT2D eigenvalue weighted by Gasteiger charge is -2.01. The number of aromatic amines is 1. The smallest absolute Gasteiger partial charge is 0.346 e. The highest BCUT2D eigenvalue weighted by Gasteiger charge is 2.16. The van der Waals surface area contributed by atoms with Crippen LogP contribution in [0.5, 0.6) is 0 Å². The van der Waals surface area contributed by atoms with E-state index in [1.807, 2.05) is 109 Å². The molecule has 0 atom stereocenters. The van der Waals surface area contributed by atoms with Gasteiger partial charge in [-0.3, -0.25) is 0 Å². The van der Waals surface area contributed by atoms with Crippen molar-refractivity contribution in [1.82, 2.24) is 19.9 Å². The Labute approximate surface area is 231 Å². The zero-order valence-electron chi connectivity index (χ0n) is 20.8. The third-order valence-corrected chi connectivity index (χ3v) is 6.71. The summed E-state index contributed by atoms with van der Waals surface area (Å²) in [5.41, 5.74) is 6.99. The quantitative estimate of drug-likeness (QED) is 0.222. The molecule has 8 aromatic rings. The number of nitrogens with zero attached hydrogens (tertiary/aromatic N) is 3. The molecule has 1 N–H and O–H groups in total. The molecule has 8 rings (SSSR count). The van der Waals surface area contributed by atoms with Gasteiger partial charge in [-0.1, -0.05) is 84.9 Å². The molecule has 4 aromatic heterocycles. The van der Waals surface area contributed by atoms with Crippen LogP contribution in [-0.2, 0) is 0 Å². The molecule has 4 aromatic carbocycles. The fourth-order valence-corrected chi connectivity index (χ4v) is 4.94. The maximum atomic E-state index is 11.8. The Kier molecular flexibility index (Phi) is 5.83. The van der Waals surface area contributed by atoms with Gasteiger partial charge in [0.05, 0.1) is 5.52 Å². The van der Waals surface area contributed by atoms with E-state index in [0.29, 0.717) is 22.4 Å². The molecule has 0 spiro atoms. The molecule has 7 nitrogen and oxygen atoms in total. The lowest BCUT2D eigenvalue weighted by atomic mass is 10.1. The van der Waals surface area contributed by atoms with Gasteiger partial charge in [0.15, 0.2) is 11.2 Å². The van der Waals surface area contributed by atoms with E-state index in [1.54, 1.807) is 0 Å². The summed E-state index contributed by atoms with van der Waals surface area (Å²) < 4.78 is 11.8. The van der Waals surface area contributed by atoms with E-state index in [0.717, 1.165) is 44.3 Å². The lowest BCUT2D eigenvalue weighted by Crippen LogP contribution is -2.10. The van der Waals surface area contributed by atoms with Crippen molar-refractivity contribution in [3.05, 3.63) is 125 Å². The zero-order chi connectivity index (χ0) is 27.1. The van der Waals surface area contributed by atoms with E-state index in [4.69, 9.17) is 20.4 Å². The third-order valence-electron chi connectivity index (χ3n) is 6.54. The van der Waals surface area contributed by atoms with E-state index in [9.17, 15) is 4.79 Å². The molecule has 0 aliphatic rings. The molecule has 8 heteroatoms. The number of fused-ring (bicyclic) bond motifs is 6. The fraction of sp³-hybridized carbons (Fsp3) is 0. The maximum absolute atomic E-state index is 11.8. The van der Waals surface area contributed by atoms with Crippen molar-refractivity contribution >= 4 is 55.7 Å². The van der Waals surface area contributed by atoms with Gasteiger partial charge in [0.25, 0.3) is 0 Å². The molecule has 0 fully saturated rings. The van der Waals surface area contributed by atoms with Gasteiger partial charge in [0.2, 0.25) is 5.28 Å². The van der Waals surface area contributed by atoms with Crippen LogP contribution in [0.3, 0.4) is 0 Å². The summed E-state index contributed by atoms with van der Waals surface area (Å²) in [7, 11) is 0. The van der Waals surface area contributed by atoms with Crippen LogP contribution in [0.1, 0.15) is 0 Å². The van der Waals surface area contributed by atoms with Crippen molar-refractivity contribution < 1.29 is 8.83 Å². The first-order chi connectivity index (χ1) is 19.7. The van der Waals surface area contributed by atoms with Gasteiger partial charge in [0.1, 0.15) is 28.1 Å². The first-order valence-corrected chi connectivity index (χ1v) is 12.9. The molecular weight excluding hydrogens is 524 g/mol. The van der Waals surface area contributed by atoms with Gasteiger partial charge in [-0.05, 0) is 35.9 Å². The number of furan rings is 2. The van der Waals surface area contributed by atoms with E-state index < -0.39 is 0 Å². The second-order valence-corrected chi connectivity index (χ2v) is 9.38. The largest absolute Gasteiger partial charge is 0.452 e. The standard InChI is InChI=1S/C16H9ClN2O.C16H10N2O2/c17-16-18-13(10-6-2-1-3-7-10)15-14(19-16)11-8-4-5-9-12(11)20-15;19-16-17-13(10-6-2-1-3-7-10)15-14(18-16)11-8-4-5-9-12(11)20-15/h1-9H;1-9H,(H,17,18,19). The summed E-state index contributed by atoms with van der Waals surface area (Å²) in [4.78, 5) is 27.3. The summed E-state index contributed by atoms with van der Waals surface area (Å²) in [6, 6.07) is 34.8. The Hall–Kier alpha value is -5.27. The monoisotopic (exact) mass is 542 g/mol. The van der Waals surface area contributed by atoms with Crippen molar-refractivity contribution in [2.24, 2.45) is 0 Å². The van der Waals surface area contributed by atoms with Crippen LogP contribution in [0.15, 0.2) is 123 Å². The topological polar surface area (TPSA) is 97.8 Å². The van der Waals surface area contributed by atoms with E-state index in [1.165, 1.54) is 0 Å². The van der Waals surface area contributed by atoms with Crippen LogP contribution in [0.25, 0.3) is 66.7 Å². The zero-order valence-corrected chi connectivity index (χ0v) is 21.6. The number of halogens is 1. The lowest BCUT2D eigenvalue weighted by molar-refractivity contribution is 0.666. The fourth-order valence-electron chi connectivity index (χ4n) is 4.77. The highest BCUT2D eigenvalue weighted by molar-refractivity contribution is 6.29. The molecule has 4 heterocycles. The first kappa shape index (κ1) is 23.8. The minimum atomic E-state index is -0.372. The second kappa shape index (κ2) is 9.80. The molecule has 0 saturated carbocycles. The highest BCUT2D eigenvalue weighted by atomic mass is 35.5. The summed E-state index contributed by atoms with van der Waals surface area (Å²) >= 11 is 6.07. The molecule has 0 unspecified atom stereocenters. The molecule has 0 bridgehead atoms. The Balaban J connectivity index is 0.000000132. The molecular formula is C32H19ClN4O3. The van der Waals surface area contributed by atoms with Crippen molar-refractivity contribution in [3.63, 3.8) is 0 Å². The summed E-state index contributed by atoms with van der Waals surface area (Å²) in [5.74, 6) is 0. The Bertz CT molecular complexity index is 2200. The van der Waals surface area contributed by atoms with Crippen LogP contribution < -0.4 is 5.69 Å².